The molecular weight excluding hydrogens is 296 g/mol. The molecule has 0 aliphatic rings. The Labute approximate surface area is 135 Å². The number of aromatic nitrogens is 1. The first kappa shape index (κ1) is 16.3. The molecule has 2 aromatic heterocycles. The lowest BCUT2D eigenvalue weighted by Crippen LogP contribution is -2.36. The second kappa shape index (κ2) is 8.38. The predicted molar refractivity (Wildman–Crippen MR) is 91.5 cm³/mol. The van der Waals surface area contributed by atoms with Crippen LogP contribution in [0, 0.1) is 6.92 Å². The number of aryl methyl sites for hydroxylation is 1. The molecule has 0 saturated heterocycles. The Balaban J connectivity index is 1.95. The van der Waals surface area contributed by atoms with Gasteiger partial charge < -0.3 is 15.4 Å². The zero-order valence-corrected chi connectivity index (χ0v) is 14.0. The largest absolute Gasteiger partial charge is 0.481 e. The van der Waals surface area contributed by atoms with E-state index in [1.54, 1.807) is 24.6 Å². The Morgan fingerprint density at radius 1 is 1.32 bits per heavy atom. The quantitative estimate of drug-likeness (QED) is 0.635. The molecule has 6 heteroatoms. The highest BCUT2D eigenvalue weighted by Crippen LogP contribution is 2.14. The van der Waals surface area contributed by atoms with Crippen LogP contribution in [0.15, 0.2) is 34.8 Å². The van der Waals surface area contributed by atoms with Crippen LogP contribution in [0.1, 0.15) is 22.9 Å². The Morgan fingerprint density at radius 3 is 2.77 bits per heavy atom. The molecule has 0 unspecified atom stereocenters. The molecule has 2 N–H and O–H groups in total. The lowest BCUT2D eigenvalue weighted by atomic mass is 10.3. The minimum absolute atomic E-state index is 0.579. The zero-order valence-electron chi connectivity index (χ0n) is 13.2. The number of aliphatic imine (C=N–C) groups is 1. The van der Waals surface area contributed by atoms with Crippen LogP contribution < -0.4 is 15.4 Å². The summed E-state index contributed by atoms with van der Waals surface area (Å²) in [6.07, 6.45) is 1.79. The fourth-order valence-corrected chi connectivity index (χ4v) is 2.73. The number of hydrogen-bond donors (Lipinski definition) is 2. The van der Waals surface area contributed by atoms with Crippen molar-refractivity contribution in [3.05, 3.63) is 45.8 Å². The highest BCUT2D eigenvalue weighted by atomic mass is 32.1. The van der Waals surface area contributed by atoms with Crippen LogP contribution in [-0.4, -0.2) is 24.6 Å². The predicted octanol–water partition coefficient (Wildman–Crippen LogP) is 2.72. The Morgan fingerprint density at radius 2 is 2.18 bits per heavy atom. The van der Waals surface area contributed by atoms with E-state index >= 15 is 0 Å². The molecule has 2 aromatic rings. The summed E-state index contributed by atoms with van der Waals surface area (Å²) in [6, 6.07) is 5.96. The molecule has 0 amide bonds. The number of thiophene rings is 1. The molecule has 0 aliphatic carbocycles. The maximum atomic E-state index is 5.05. The second-order valence-corrected chi connectivity index (χ2v) is 5.78. The minimum atomic E-state index is 0.579. The first-order chi connectivity index (χ1) is 10.7. The summed E-state index contributed by atoms with van der Waals surface area (Å²) < 4.78 is 5.05. The Bertz CT molecular complexity index is 607. The van der Waals surface area contributed by atoms with Crippen molar-refractivity contribution in [1.82, 2.24) is 15.6 Å². The third-order valence-corrected chi connectivity index (χ3v) is 4.18. The summed E-state index contributed by atoms with van der Waals surface area (Å²) in [7, 11) is 1.61. The van der Waals surface area contributed by atoms with Gasteiger partial charge in [0.25, 0.3) is 0 Å². The van der Waals surface area contributed by atoms with E-state index in [2.05, 4.69) is 45.9 Å². The van der Waals surface area contributed by atoms with Crippen molar-refractivity contribution in [2.24, 2.45) is 4.99 Å². The van der Waals surface area contributed by atoms with Gasteiger partial charge in [-0.1, -0.05) is 6.07 Å². The third kappa shape index (κ3) is 4.73. The lowest BCUT2D eigenvalue weighted by molar-refractivity contribution is 0.397. The van der Waals surface area contributed by atoms with E-state index < -0.39 is 0 Å². The van der Waals surface area contributed by atoms with Gasteiger partial charge >= 0.3 is 0 Å². The highest BCUT2D eigenvalue weighted by molar-refractivity contribution is 7.10. The van der Waals surface area contributed by atoms with Crippen molar-refractivity contribution < 1.29 is 4.74 Å². The van der Waals surface area contributed by atoms with Crippen molar-refractivity contribution >= 4 is 17.3 Å². The lowest BCUT2D eigenvalue weighted by Gasteiger charge is -2.11. The summed E-state index contributed by atoms with van der Waals surface area (Å²) in [5.74, 6) is 1.43. The van der Waals surface area contributed by atoms with Crippen molar-refractivity contribution in [2.75, 3.05) is 13.7 Å². The maximum Gasteiger partial charge on any atom is 0.212 e. The average molecular weight is 318 g/mol. The number of pyridine rings is 1. The normalized spacial score (nSPS) is 11.3. The average Bonchev–Trinajstić information content (AvgIpc) is 2.96. The number of nitrogens with one attached hydrogen (secondary N) is 2. The molecule has 0 saturated carbocycles. The maximum absolute atomic E-state index is 5.05. The molecule has 118 valence electrons. The van der Waals surface area contributed by atoms with Crippen LogP contribution in [-0.2, 0) is 13.1 Å². The molecule has 2 rings (SSSR count). The third-order valence-electron chi connectivity index (χ3n) is 3.16. The number of ether oxygens (including phenoxy) is 1. The molecule has 0 atom stereocenters. The van der Waals surface area contributed by atoms with Gasteiger partial charge in [0, 0.05) is 23.7 Å². The summed E-state index contributed by atoms with van der Waals surface area (Å²) in [4.78, 5) is 10.1. The fraction of sp³-hybridized carbons (Fsp3) is 0.375. The smallest absolute Gasteiger partial charge is 0.212 e. The molecule has 0 aliphatic heterocycles. The van der Waals surface area contributed by atoms with Crippen molar-refractivity contribution in [3.63, 3.8) is 0 Å². The minimum Gasteiger partial charge on any atom is -0.481 e. The Hall–Kier alpha value is -2.08. The van der Waals surface area contributed by atoms with Gasteiger partial charge in [-0.2, -0.15) is 0 Å². The van der Waals surface area contributed by atoms with E-state index in [0.717, 1.165) is 24.6 Å². The van der Waals surface area contributed by atoms with Gasteiger partial charge in [-0.25, -0.2) is 9.98 Å². The van der Waals surface area contributed by atoms with Crippen molar-refractivity contribution in [2.45, 2.75) is 26.9 Å². The van der Waals surface area contributed by atoms with Gasteiger partial charge in [0.15, 0.2) is 5.96 Å². The van der Waals surface area contributed by atoms with Crippen LogP contribution in [0.2, 0.25) is 0 Å². The van der Waals surface area contributed by atoms with Crippen LogP contribution in [0.4, 0.5) is 0 Å². The standard InChI is InChI=1S/C16H22N4OS/c1-4-17-16(20-11-14-12(2)7-8-22-14)19-10-13-5-6-15(21-3)18-9-13/h5-9H,4,10-11H2,1-3H3,(H2,17,19,20). The molecule has 2 heterocycles. The van der Waals surface area contributed by atoms with Gasteiger partial charge in [0.2, 0.25) is 5.88 Å². The summed E-state index contributed by atoms with van der Waals surface area (Å²) in [5.41, 5.74) is 2.36. The molecule has 0 fully saturated rings. The zero-order chi connectivity index (χ0) is 15.8. The van der Waals surface area contributed by atoms with E-state index in [1.807, 2.05) is 12.1 Å². The Kier molecular flexibility index (Phi) is 6.21. The summed E-state index contributed by atoms with van der Waals surface area (Å²) >= 11 is 1.76. The molecule has 5 nitrogen and oxygen atoms in total. The molecule has 0 bridgehead atoms. The van der Waals surface area contributed by atoms with Crippen LogP contribution in [0.5, 0.6) is 5.88 Å². The van der Waals surface area contributed by atoms with E-state index in [-0.39, 0.29) is 0 Å². The van der Waals surface area contributed by atoms with Crippen LogP contribution in [0.25, 0.3) is 0 Å². The number of hydrogen-bond acceptors (Lipinski definition) is 4. The number of guanidine groups is 1. The van der Waals surface area contributed by atoms with Gasteiger partial charge in [0.05, 0.1) is 20.2 Å². The highest BCUT2D eigenvalue weighted by Gasteiger charge is 2.02. The molecule has 0 spiro atoms. The van der Waals surface area contributed by atoms with E-state index in [0.29, 0.717) is 12.4 Å². The van der Waals surface area contributed by atoms with E-state index in [9.17, 15) is 0 Å². The SMILES string of the molecule is CCNC(=NCc1ccc(OC)nc1)NCc1sccc1C. The van der Waals surface area contributed by atoms with Gasteiger partial charge in [-0.05, 0) is 36.4 Å². The van der Waals surface area contributed by atoms with Gasteiger partial charge in [-0.3, -0.25) is 0 Å². The van der Waals surface area contributed by atoms with Gasteiger partial charge in [-0.15, -0.1) is 11.3 Å². The molecule has 0 aromatic carbocycles. The van der Waals surface area contributed by atoms with E-state index in [1.165, 1.54) is 10.4 Å². The van der Waals surface area contributed by atoms with Crippen LogP contribution in [0.3, 0.4) is 0 Å². The molecule has 22 heavy (non-hydrogen) atoms. The van der Waals surface area contributed by atoms with Crippen molar-refractivity contribution in [1.29, 1.82) is 0 Å². The molecule has 0 radical (unpaired) electrons. The number of rotatable bonds is 6. The number of nitrogens with zero attached hydrogens (tertiary/aromatic N) is 2. The topological polar surface area (TPSA) is 58.5 Å². The van der Waals surface area contributed by atoms with Gasteiger partial charge in [0.1, 0.15) is 0 Å². The van der Waals surface area contributed by atoms with E-state index in [4.69, 9.17) is 4.74 Å². The first-order valence-corrected chi connectivity index (χ1v) is 8.15. The number of methoxy groups -OCH3 is 1. The van der Waals surface area contributed by atoms with Crippen molar-refractivity contribution in [3.8, 4) is 5.88 Å². The first-order valence-electron chi connectivity index (χ1n) is 7.27. The monoisotopic (exact) mass is 318 g/mol. The molecular formula is C16H22N4OS. The van der Waals surface area contributed by atoms with Crippen LogP contribution >= 0.6 is 11.3 Å². The summed E-state index contributed by atoms with van der Waals surface area (Å²) in [5, 5.41) is 8.73. The second-order valence-electron chi connectivity index (χ2n) is 4.78. The fourth-order valence-electron chi connectivity index (χ4n) is 1.89. The summed E-state index contributed by atoms with van der Waals surface area (Å²) in [6.45, 7) is 6.38.